The lowest BCUT2D eigenvalue weighted by atomic mass is 10.1. The Bertz CT molecular complexity index is 386. The van der Waals surface area contributed by atoms with E-state index in [0.717, 1.165) is 11.3 Å². The third-order valence-electron chi connectivity index (χ3n) is 2.23. The number of hydrogen-bond donors (Lipinski definition) is 1. The molecule has 0 bridgehead atoms. The van der Waals surface area contributed by atoms with Crippen LogP contribution >= 0.6 is 0 Å². The monoisotopic (exact) mass is 237 g/mol. The topological polar surface area (TPSA) is 64.6 Å². The first kappa shape index (κ1) is 13.0. The largest absolute Gasteiger partial charge is 0.497 e. The third kappa shape index (κ3) is 4.14. The minimum atomic E-state index is -0.875. The normalized spacial score (nSPS) is 9.53. The number of nitrogens with one attached hydrogen (secondary N) is 1. The van der Waals surface area contributed by atoms with Gasteiger partial charge in [-0.3, -0.25) is 4.79 Å². The standard InChI is InChI=1S/C12H15NO4/c1-16-10-5-3-9(4-6-10)7-8-13-11(14)12(15)17-2/h3-6H,7-8H2,1-2H3,(H,13,14). The van der Waals surface area contributed by atoms with Crippen molar-refractivity contribution in [3.05, 3.63) is 29.8 Å². The van der Waals surface area contributed by atoms with Crippen molar-refractivity contribution < 1.29 is 19.1 Å². The smallest absolute Gasteiger partial charge is 0.396 e. The third-order valence-corrected chi connectivity index (χ3v) is 2.23. The van der Waals surface area contributed by atoms with E-state index in [0.29, 0.717) is 13.0 Å². The Labute approximate surface area is 99.7 Å². The Morgan fingerprint density at radius 1 is 1.18 bits per heavy atom. The van der Waals surface area contributed by atoms with E-state index in [2.05, 4.69) is 10.1 Å². The molecule has 0 aliphatic carbocycles. The number of esters is 1. The summed E-state index contributed by atoms with van der Waals surface area (Å²) < 4.78 is 9.30. The van der Waals surface area contributed by atoms with Crippen LogP contribution in [0.3, 0.4) is 0 Å². The van der Waals surface area contributed by atoms with Gasteiger partial charge in [0.25, 0.3) is 0 Å². The van der Waals surface area contributed by atoms with Crippen LogP contribution in [0.15, 0.2) is 24.3 Å². The molecule has 0 fully saturated rings. The quantitative estimate of drug-likeness (QED) is 0.612. The van der Waals surface area contributed by atoms with Crippen LogP contribution in [0.2, 0.25) is 0 Å². The summed E-state index contributed by atoms with van der Waals surface area (Å²) in [6.45, 7) is 0.389. The molecule has 0 saturated carbocycles. The number of carbonyl (C=O) groups excluding carboxylic acids is 2. The Morgan fingerprint density at radius 2 is 1.82 bits per heavy atom. The summed E-state index contributed by atoms with van der Waals surface area (Å²) in [4.78, 5) is 21.8. The summed E-state index contributed by atoms with van der Waals surface area (Å²) in [5.74, 6) is -0.812. The number of carbonyl (C=O) groups is 2. The van der Waals surface area contributed by atoms with E-state index in [4.69, 9.17) is 4.74 Å². The molecule has 5 heteroatoms. The van der Waals surface area contributed by atoms with Crippen LogP contribution in [0, 0.1) is 0 Å². The summed E-state index contributed by atoms with van der Waals surface area (Å²) >= 11 is 0. The number of ether oxygens (including phenoxy) is 2. The summed E-state index contributed by atoms with van der Waals surface area (Å²) in [6.07, 6.45) is 0.646. The van der Waals surface area contributed by atoms with E-state index >= 15 is 0 Å². The maximum atomic E-state index is 11.1. The molecular formula is C12H15NO4. The fourth-order valence-electron chi connectivity index (χ4n) is 1.28. The first-order valence-electron chi connectivity index (χ1n) is 5.16. The molecule has 0 aliphatic heterocycles. The van der Waals surface area contributed by atoms with Gasteiger partial charge < -0.3 is 14.8 Å². The molecule has 5 nitrogen and oxygen atoms in total. The lowest BCUT2D eigenvalue weighted by Crippen LogP contribution is -2.33. The second-order valence-electron chi connectivity index (χ2n) is 3.35. The summed E-state index contributed by atoms with van der Waals surface area (Å²) in [6, 6.07) is 7.50. The fraction of sp³-hybridized carbons (Fsp3) is 0.333. The minimum absolute atomic E-state index is 0.389. The van der Waals surface area contributed by atoms with Crippen molar-refractivity contribution in [1.29, 1.82) is 0 Å². The van der Waals surface area contributed by atoms with Gasteiger partial charge in [0.15, 0.2) is 0 Å². The van der Waals surface area contributed by atoms with Gasteiger partial charge in [-0.1, -0.05) is 12.1 Å². The molecular weight excluding hydrogens is 222 g/mol. The minimum Gasteiger partial charge on any atom is -0.497 e. The zero-order valence-corrected chi connectivity index (χ0v) is 9.86. The Balaban J connectivity index is 2.35. The molecule has 1 rings (SSSR count). The molecule has 0 atom stereocenters. The SMILES string of the molecule is COC(=O)C(=O)NCCc1ccc(OC)cc1. The van der Waals surface area contributed by atoms with E-state index in [9.17, 15) is 9.59 Å². The number of hydrogen-bond acceptors (Lipinski definition) is 4. The van der Waals surface area contributed by atoms with Gasteiger partial charge in [-0.25, -0.2) is 4.79 Å². The van der Waals surface area contributed by atoms with Crippen LogP contribution < -0.4 is 10.1 Å². The zero-order valence-electron chi connectivity index (χ0n) is 9.86. The Morgan fingerprint density at radius 3 is 2.35 bits per heavy atom. The summed E-state index contributed by atoms with van der Waals surface area (Å²) in [7, 11) is 2.77. The Hall–Kier alpha value is -2.04. The predicted molar refractivity (Wildman–Crippen MR) is 61.7 cm³/mol. The van der Waals surface area contributed by atoms with Gasteiger partial charge in [0.2, 0.25) is 0 Å². The van der Waals surface area contributed by atoms with E-state index in [1.807, 2.05) is 24.3 Å². The van der Waals surface area contributed by atoms with Crippen molar-refractivity contribution in [2.75, 3.05) is 20.8 Å². The molecule has 1 aromatic carbocycles. The molecule has 0 unspecified atom stereocenters. The van der Waals surface area contributed by atoms with Crippen molar-refractivity contribution in [2.24, 2.45) is 0 Å². The van der Waals surface area contributed by atoms with Crippen molar-refractivity contribution in [3.63, 3.8) is 0 Å². The molecule has 1 N–H and O–H groups in total. The van der Waals surface area contributed by atoms with Crippen LogP contribution in [0.5, 0.6) is 5.75 Å². The maximum Gasteiger partial charge on any atom is 0.396 e. The summed E-state index contributed by atoms with van der Waals surface area (Å²) in [5.41, 5.74) is 1.05. The van der Waals surface area contributed by atoms with Gasteiger partial charge in [-0.05, 0) is 24.1 Å². The predicted octanol–water partition coefficient (Wildman–Crippen LogP) is 0.527. The van der Waals surface area contributed by atoms with E-state index in [-0.39, 0.29) is 0 Å². The molecule has 0 radical (unpaired) electrons. The van der Waals surface area contributed by atoms with E-state index in [1.165, 1.54) is 7.11 Å². The van der Waals surface area contributed by atoms with Gasteiger partial charge in [0.05, 0.1) is 14.2 Å². The first-order chi connectivity index (χ1) is 8.17. The maximum absolute atomic E-state index is 11.1. The molecule has 0 saturated heterocycles. The molecule has 0 aliphatic rings. The average molecular weight is 237 g/mol. The molecule has 1 amide bonds. The number of benzene rings is 1. The highest BCUT2D eigenvalue weighted by atomic mass is 16.5. The molecule has 0 spiro atoms. The first-order valence-corrected chi connectivity index (χ1v) is 5.16. The van der Waals surface area contributed by atoms with Crippen LogP contribution in [0.1, 0.15) is 5.56 Å². The van der Waals surface area contributed by atoms with Gasteiger partial charge >= 0.3 is 11.9 Å². The van der Waals surface area contributed by atoms with Crippen molar-refractivity contribution in [3.8, 4) is 5.75 Å². The highest BCUT2D eigenvalue weighted by Crippen LogP contribution is 2.11. The van der Waals surface area contributed by atoms with Gasteiger partial charge in [0, 0.05) is 6.54 Å². The van der Waals surface area contributed by atoms with Gasteiger partial charge in [-0.2, -0.15) is 0 Å². The lowest BCUT2D eigenvalue weighted by Gasteiger charge is -2.05. The second kappa shape index (κ2) is 6.52. The molecule has 1 aromatic rings. The highest BCUT2D eigenvalue weighted by molar-refractivity contribution is 6.32. The average Bonchev–Trinajstić information content (AvgIpc) is 2.38. The number of rotatable bonds is 4. The van der Waals surface area contributed by atoms with Crippen molar-refractivity contribution in [1.82, 2.24) is 5.32 Å². The molecule has 0 aromatic heterocycles. The highest BCUT2D eigenvalue weighted by Gasteiger charge is 2.11. The van der Waals surface area contributed by atoms with Crippen LogP contribution in [0.25, 0.3) is 0 Å². The van der Waals surface area contributed by atoms with Crippen LogP contribution in [0.4, 0.5) is 0 Å². The molecule has 92 valence electrons. The van der Waals surface area contributed by atoms with Gasteiger partial charge in [-0.15, -0.1) is 0 Å². The summed E-state index contributed by atoms with van der Waals surface area (Å²) in [5, 5.41) is 2.47. The van der Waals surface area contributed by atoms with E-state index in [1.54, 1.807) is 7.11 Å². The van der Waals surface area contributed by atoms with Gasteiger partial charge in [0.1, 0.15) is 5.75 Å². The number of methoxy groups -OCH3 is 2. The fourth-order valence-corrected chi connectivity index (χ4v) is 1.28. The van der Waals surface area contributed by atoms with Crippen LogP contribution in [-0.4, -0.2) is 32.6 Å². The molecule has 17 heavy (non-hydrogen) atoms. The van der Waals surface area contributed by atoms with Crippen molar-refractivity contribution >= 4 is 11.9 Å². The van der Waals surface area contributed by atoms with Crippen LogP contribution in [-0.2, 0) is 20.7 Å². The number of amides is 1. The zero-order chi connectivity index (χ0) is 12.7. The van der Waals surface area contributed by atoms with E-state index < -0.39 is 11.9 Å². The lowest BCUT2D eigenvalue weighted by molar-refractivity contribution is -0.152. The second-order valence-corrected chi connectivity index (χ2v) is 3.35. The van der Waals surface area contributed by atoms with Crippen molar-refractivity contribution in [2.45, 2.75) is 6.42 Å². The Kier molecular flexibility index (Phi) is 5.00. The molecule has 0 heterocycles.